The fourth-order valence-corrected chi connectivity index (χ4v) is 13.4. The summed E-state index contributed by atoms with van der Waals surface area (Å²) >= 11 is 0. The van der Waals surface area contributed by atoms with Crippen LogP contribution in [0.3, 0.4) is 0 Å². The van der Waals surface area contributed by atoms with Crippen LogP contribution in [0.5, 0.6) is 0 Å². The molecule has 7 heterocycles. The predicted octanol–water partition coefficient (Wildman–Crippen LogP) is -18.3. The van der Waals surface area contributed by atoms with Gasteiger partial charge in [0.05, 0.1) is 82.6 Å². The monoisotopic (exact) mass is 1430 g/mol. The molecule has 9 aliphatic rings. The van der Waals surface area contributed by atoms with Crippen LogP contribution in [0.4, 0.5) is 0 Å². The zero-order valence-corrected chi connectivity index (χ0v) is 52.3. The van der Waals surface area contributed by atoms with Crippen LogP contribution < -0.4 is 10.6 Å². The lowest BCUT2D eigenvalue weighted by Crippen LogP contribution is -2.69. The molecule has 42 nitrogen and oxygen atoms in total. The van der Waals surface area contributed by atoms with E-state index in [0.717, 1.165) is 6.08 Å². The van der Waals surface area contributed by atoms with E-state index in [2.05, 4.69) is 10.6 Å². The van der Waals surface area contributed by atoms with E-state index in [1.165, 1.54) is 19.9 Å². The second-order valence-electron chi connectivity index (χ2n) is 25.6. The van der Waals surface area contributed by atoms with Crippen molar-refractivity contribution in [1.29, 1.82) is 0 Å². The molecule has 7 saturated heterocycles. The molecule has 0 saturated carbocycles. The van der Waals surface area contributed by atoms with E-state index in [-0.39, 0.29) is 11.1 Å². The topological polar surface area (TPSA) is 690 Å². The van der Waals surface area contributed by atoms with E-state index < -0.39 is 310 Å². The molecule has 568 valence electrons. The molecule has 98 heavy (non-hydrogen) atoms. The molecule has 0 unspecified atom stereocenters. The van der Waals surface area contributed by atoms with Gasteiger partial charge in [-0.3, -0.25) is 0 Å². The number of ether oxygens (including phenoxy) is 13. The van der Waals surface area contributed by atoms with Gasteiger partial charge in [0.1, 0.15) is 183 Å². The van der Waals surface area contributed by atoms with Gasteiger partial charge in [0.15, 0.2) is 44.0 Å². The number of aliphatic hydroxyl groups excluding tert-OH is 27. The third kappa shape index (κ3) is 16.1. The second-order valence-corrected chi connectivity index (χ2v) is 25.6. The third-order valence-electron chi connectivity index (χ3n) is 19.3. The van der Waals surface area contributed by atoms with E-state index in [4.69, 9.17) is 61.6 Å². The van der Waals surface area contributed by atoms with Gasteiger partial charge in [-0.05, 0) is 25.0 Å². The summed E-state index contributed by atoms with van der Waals surface area (Å²) in [5.74, 6) is 0. The second kappa shape index (κ2) is 33.9. The first kappa shape index (κ1) is 79.9. The molecule has 7 aliphatic heterocycles. The number of aliphatic hydroxyl groups is 27. The van der Waals surface area contributed by atoms with Gasteiger partial charge in [-0.2, -0.15) is 0 Å². The minimum absolute atomic E-state index is 0.0375. The molecule has 0 amide bonds. The van der Waals surface area contributed by atoms with Gasteiger partial charge in [-0.1, -0.05) is 12.2 Å². The molecule has 9 rings (SSSR count). The van der Waals surface area contributed by atoms with Crippen molar-refractivity contribution in [3.05, 3.63) is 23.3 Å². The lowest BCUT2D eigenvalue weighted by Gasteiger charge is -2.49. The van der Waals surface area contributed by atoms with E-state index in [0.29, 0.717) is 0 Å². The Morgan fingerprint density at radius 2 is 0.571 bits per heavy atom. The highest BCUT2D eigenvalue weighted by molar-refractivity contribution is 5.24. The van der Waals surface area contributed by atoms with Crippen molar-refractivity contribution in [1.82, 2.24) is 10.6 Å². The Hall–Kier alpha value is -2.20. The van der Waals surface area contributed by atoms with Crippen LogP contribution in [0.1, 0.15) is 13.8 Å². The summed E-state index contributed by atoms with van der Waals surface area (Å²) < 4.78 is 73.8. The number of rotatable bonds is 23. The third-order valence-corrected chi connectivity index (χ3v) is 19.3. The number of nitrogens with one attached hydrogen (secondary N) is 2. The molecule has 0 radical (unpaired) electrons. The van der Waals surface area contributed by atoms with Gasteiger partial charge in [0.2, 0.25) is 0 Å². The molecule has 43 atom stereocenters. The van der Waals surface area contributed by atoms with Gasteiger partial charge in [-0.15, -0.1) is 0 Å². The molecular weight excluding hydrogens is 1340 g/mol. The fourth-order valence-electron chi connectivity index (χ4n) is 13.4. The van der Waals surface area contributed by atoms with Crippen molar-refractivity contribution in [2.24, 2.45) is 0 Å². The Bertz CT molecular complexity index is 2550. The zero-order valence-electron chi connectivity index (χ0n) is 52.3. The van der Waals surface area contributed by atoms with Gasteiger partial charge >= 0.3 is 0 Å². The quantitative estimate of drug-likeness (QED) is 0.0422. The van der Waals surface area contributed by atoms with Crippen LogP contribution in [0.2, 0.25) is 0 Å². The maximum absolute atomic E-state index is 11.5. The lowest BCUT2D eigenvalue weighted by atomic mass is 9.86. The van der Waals surface area contributed by atoms with E-state index in [1.807, 2.05) is 0 Å². The first-order valence-corrected chi connectivity index (χ1v) is 31.7. The van der Waals surface area contributed by atoms with Crippen LogP contribution in [-0.2, 0) is 61.6 Å². The van der Waals surface area contributed by atoms with E-state index in [1.54, 1.807) is 0 Å². The Kier molecular flexibility index (Phi) is 27.7. The normalized spacial score (nSPS) is 52.9. The molecule has 0 spiro atoms. The van der Waals surface area contributed by atoms with Crippen molar-refractivity contribution in [2.45, 2.75) is 277 Å². The molecular formula is C56H94N2O40. The molecule has 0 bridgehead atoms. The Balaban J connectivity index is 0.770. The summed E-state index contributed by atoms with van der Waals surface area (Å²) in [5.41, 5.74) is -0.226. The van der Waals surface area contributed by atoms with Crippen molar-refractivity contribution >= 4 is 0 Å². The van der Waals surface area contributed by atoms with E-state index in [9.17, 15) is 138 Å². The maximum Gasteiger partial charge on any atom is 0.189 e. The minimum Gasteiger partial charge on any atom is -0.394 e. The van der Waals surface area contributed by atoms with Gasteiger partial charge < -0.3 is 210 Å². The summed E-state index contributed by atoms with van der Waals surface area (Å²) in [6.07, 6.45) is -70.0. The Morgan fingerprint density at radius 1 is 0.286 bits per heavy atom. The molecule has 2 aliphatic carbocycles. The van der Waals surface area contributed by atoms with Crippen molar-refractivity contribution in [3.8, 4) is 0 Å². The average molecular weight is 1440 g/mol. The molecule has 29 N–H and O–H groups in total. The highest BCUT2D eigenvalue weighted by Gasteiger charge is 2.59. The van der Waals surface area contributed by atoms with Gasteiger partial charge in [0, 0.05) is 0 Å². The first-order valence-electron chi connectivity index (χ1n) is 31.7. The van der Waals surface area contributed by atoms with Crippen molar-refractivity contribution in [3.63, 3.8) is 0 Å². The molecule has 0 aromatic heterocycles. The van der Waals surface area contributed by atoms with E-state index >= 15 is 0 Å². The van der Waals surface area contributed by atoms with Crippen molar-refractivity contribution in [2.75, 3.05) is 46.2 Å². The molecule has 0 aromatic rings. The Morgan fingerprint density at radius 3 is 0.918 bits per heavy atom. The summed E-state index contributed by atoms with van der Waals surface area (Å²) in [6.45, 7) is -3.71. The highest BCUT2D eigenvalue weighted by atomic mass is 16.8. The summed E-state index contributed by atoms with van der Waals surface area (Å²) in [6, 6.07) is -5.16. The number of hydrogen-bond donors (Lipinski definition) is 29. The van der Waals surface area contributed by atoms with Gasteiger partial charge in [0.25, 0.3) is 0 Å². The molecule has 42 heteroatoms. The fraction of sp³-hybridized carbons (Fsp3) is 0.929. The lowest BCUT2D eigenvalue weighted by molar-refractivity contribution is -0.399. The van der Waals surface area contributed by atoms with Crippen LogP contribution in [-0.4, -0.2) is 448 Å². The van der Waals surface area contributed by atoms with Crippen LogP contribution in [0, 0.1) is 0 Å². The maximum atomic E-state index is 11.5. The van der Waals surface area contributed by atoms with Crippen molar-refractivity contribution < 1.29 is 199 Å². The minimum atomic E-state index is -2.20. The van der Waals surface area contributed by atoms with Crippen LogP contribution in [0.25, 0.3) is 0 Å². The zero-order chi connectivity index (χ0) is 72.0. The predicted molar refractivity (Wildman–Crippen MR) is 305 cm³/mol. The highest BCUT2D eigenvalue weighted by Crippen LogP contribution is 2.38. The standard InChI is InChI=1S/C56H94N2O40/c1-12-23(57-16-3-14(5-59)25(66)31(72)26(16)67)29(70)38(79)50(86-12)94-46-19(8-62)89-52(41(82)34(46)75)93-45-15(6-60)4-17(27(68)33(45)74)58-24-13(2)87-51(39(80)30(24)71)95-47-20(9-63)90-53(42(83)35(47)76)96-48-21(10-64)91-54(43(84)36(48)77)97-49-22(11-65)92-56(44(85)37(49)78)98-55-40(81)32(73)28(69)18(7-61)88-55/h3-4,12-13,16-85H,5-11H2,1-2H3/t12-,13-,16-,17-,18-,19+,20+,21+,22+,23-,24-,25-,26+,27+,28-,29+,30+,31+,32+,33-,34+,35+,36+,37+,38-,39-,40-,41+,42+,43+,44+,45-,46+,47+,48+,49+,50+,51+,52-,53-,54-,55+,56-/m0/s1. The van der Waals surface area contributed by atoms with Crippen LogP contribution in [0.15, 0.2) is 23.3 Å². The summed E-state index contributed by atoms with van der Waals surface area (Å²) in [7, 11) is 0. The summed E-state index contributed by atoms with van der Waals surface area (Å²) in [5, 5.41) is 297. The average Bonchev–Trinajstić information content (AvgIpc) is 0.778. The molecule has 7 fully saturated rings. The molecule has 0 aromatic carbocycles. The Labute approximate surface area is 555 Å². The number of hydrogen-bond acceptors (Lipinski definition) is 42. The first-order chi connectivity index (χ1) is 46.4. The van der Waals surface area contributed by atoms with Crippen LogP contribution >= 0.6 is 0 Å². The SMILES string of the molecule is C[C@@H]1O[C@H](O[C@H]2[C@H](O)[C@@H](O)[C@H](O[C@H]3[C@H](O)[C@@H](O)[C@H](O[C@H]4[C@H](O)[C@@H](O)[C@H](O[C@H]5O[C@@H](CO)[C@H](O)[C@@H](O)[C@@H]5O)O[C@@H]4CO)O[C@@H]3CO)O[C@@H]2CO)[C@@H](O)[C@H](O)[C@H]1N[C@H]1C=C(CO)[C@H](O[C@@H]2O[C@H](CO)[C@@H](O[C@H]3O[C@@H](C)[C@H](N[C@H]4C=C(CO)[C@H](O)[C@@H](O)[C@@H]4O)[C@@H](O)[C@@H]3O)[C@H](O)[C@H]2O)[C@@H](O)[C@@H]1O. The smallest absolute Gasteiger partial charge is 0.189 e. The van der Waals surface area contributed by atoms with Gasteiger partial charge in [-0.25, -0.2) is 0 Å². The largest absolute Gasteiger partial charge is 0.394 e. The summed E-state index contributed by atoms with van der Waals surface area (Å²) in [4.78, 5) is 0.